The van der Waals surface area contributed by atoms with E-state index in [0.29, 0.717) is 24.6 Å². The van der Waals surface area contributed by atoms with Crippen LogP contribution in [0.5, 0.6) is 0 Å². The van der Waals surface area contributed by atoms with Gasteiger partial charge in [0.15, 0.2) is 0 Å². The zero-order valence-corrected chi connectivity index (χ0v) is 11.6. The summed E-state index contributed by atoms with van der Waals surface area (Å²) in [5.74, 6) is -1.14. The summed E-state index contributed by atoms with van der Waals surface area (Å²) in [5.41, 5.74) is -0.119. The Balaban J connectivity index is 2.62. The first-order valence-electron chi connectivity index (χ1n) is 5.69. The first kappa shape index (κ1) is 15.4. The zero-order valence-electron chi connectivity index (χ0n) is 10.8. The maximum atomic E-state index is 11.7. The smallest absolute Gasteiger partial charge is 0.331 e. The monoisotopic (exact) mass is 288 g/mol. The molecule has 0 radical (unpaired) electrons. The Kier molecular flexibility index (Phi) is 5.22. The van der Waals surface area contributed by atoms with Crippen LogP contribution in [0.2, 0.25) is 0 Å². The Hall–Kier alpha value is -1.70. The standard InChI is InChI=1S/C11H16N2O5S/c1-7(8(2)10(15)16)9(14)12-11(17)13-3-5-19(18)6-4-13/h3-6H2,1-2H3,(H,15,16)(H,12,14,17). The van der Waals surface area contributed by atoms with Gasteiger partial charge in [-0.2, -0.15) is 0 Å². The van der Waals surface area contributed by atoms with Crippen LogP contribution in [0.4, 0.5) is 4.79 Å². The summed E-state index contributed by atoms with van der Waals surface area (Å²) in [5, 5.41) is 10.9. The zero-order chi connectivity index (χ0) is 14.6. The minimum Gasteiger partial charge on any atom is -0.478 e. The van der Waals surface area contributed by atoms with Gasteiger partial charge in [-0.3, -0.25) is 14.3 Å². The number of aliphatic carboxylic acids is 1. The van der Waals surface area contributed by atoms with Gasteiger partial charge in [0.25, 0.3) is 5.91 Å². The van der Waals surface area contributed by atoms with Gasteiger partial charge in [-0.25, -0.2) is 9.59 Å². The summed E-state index contributed by atoms with van der Waals surface area (Å²) in [7, 11) is -0.906. The predicted molar refractivity (Wildman–Crippen MR) is 69.0 cm³/mol. The van der Waals surface area contributed by atoms with Crippen LogP contribution in [0, 0.1) is 0 Å². The third-order valence-electron chi connectivity index (χ3n) is 2.91. The summed E-state index contributed by atoms with van der Waals surface area (Å²) in [6.07, 6.45) is 0. The number of rotatable bonds is 2. The van der Waals surface area contributed by atoms with Crippen molar-refractivity contribution in [3.63, 3.8) is 0 Å². The Labute approximate surface area is 113 Å². The number of amides is 3. The summed E-state index contributed by atoms with van der Waals surface area (Å²) in [6, 6.07) is -0.584. The number of carboxylic acids is 1. The summed E-state index contributed by atoms with van der Waals surface area (Å²) >= 11 is 0. The Morgan fingerprint density at radius 1 is 1.11 bits per heavy atom. The van der Waals surface area contributed by atoms with Crippen molar-refractivity contribution in [3.8, 4) is 0 Å². The minimum absolute atomic E-state index is 0.0126. The summed E-state index contributed by atoms with van der Waals surface area (Å²) in [6.45, 7) is 3.29. The van der Waals surface area contributed by atoms with Crippen molar-refractivity contribution in [3.05, 3.63) is 11.1 Å². The second kappa shape index (κ2) is 6.46. The number of imide groups is 1. The molecule has 1 saturated heterocycles. The lowest BCUT2D eigenvalue weighted by atomic mass is 10.1. The molecule has 1 fully saturated rings. The molecule has 0 saturated carbocycles. The number of nitrogens with one attached hydrogen (secondary N) is 1. The normalized spacial score (nSPS) is 17.7. The first-order chi connectivity index (χ1) is 8.82. The van der Waals surface area contributed by atoms with E-state index in [9.17, 15) is 18.6 Å². The van der Waals surface area contributed by atoms with Gasteiger partial charge in [-0.05, 0) is 13.8 Å². The largest absolute Gasteiger partial charge is 0.478 e. The molecule has 0 unspecified atom stereocenters. The second-order valence-electron chi connectivity index (χ2n) is 4.15. The summed E-state index contributed by atoms with van der Waals surface area (Å²) in [4.78, 5) is 35.5. The lowest BCUT2D eigenvalue weighted by Gasteiger charge is -2.26. The number of hydrogen-bond donors (Lipinski definition) is 2. The van der Waals surface area contributed by atoms with Gasteiger partial charge in [0, 0.05) is 46.5 Å². The van der Waals surface area contributed by atoms with Crippen molar-refractivity contribution >= 4 is 28.7 Å². The number of hydrogen-bond acceptors (Lipinski definition) is 4. The molecule has 1 aliphatic rings. The third kappa shape index (κ3) is 4.16. The molecule has 0 aliphatic carbocycles. The molecular formula is C11H16N2O5S. The van der Waals surface area contributed by atoms with E-state index in [1.54, 1.807) is 0 Å². The second-order valence-corrected chi connectivity index (χ2v) is 5.85. The molecule has 1 heterocycles. The lowest BCUT2D eigenvalue weighted by Crippen LogP contribution is -2.48. The van der Waals surface area contributed by atoms with Crippen molar-refractivity contribution in [2.45, 2.75) is 13.8 Å². The Morgan fingerprint density at radius 3 is 2.11 bits per heavy atom. The molecule has 1 aliphatic heterocycles. The van der Waals surface area contributed by atoms with Crippen LogP contribution in [0.1, 0.15) is 13.8 Å². The molecule has 0 bridgehead atoms. The number of carboxylic acid groups (broad SMARTS) is 1. The maximum absolute atomic E-state index is 11.7. The van der Waals surface area contributed by atoms with Crippen LogP contribution in [0.15, 0.2) is 11.1 Å². The molecule has 0 aromatic carbocycles. The SMILES string of the molecule is CC(C(=O)O)=C(C)C(=O)NC(=O)N1CCS(=O)CC1. The van der Waals surface area contributed by atoms with Crippen molar-refractivity contribution in [1.82, 2.24) is 10.2 Å². The number of carbonyl (C=O) groups excluding carboxylic acids is 2. The van der Waals surface area contributed by atoms with Gasteiger partial charge < -0.3 is 10.0 Å². The molecule has 3 amide bonds. The topological polar surface area (TPSA) is 104 Å². The first-order valence-corrected chi connectivity index (χ1v) is 7.17. The van der Waals surface area contributed by atoms with E-state index >= 15 is 0 Å². The molecule has 8 heteroatoms. The molecule has 7 nitrogen and oxygen atoms in total. The maximum Gasteiger partial charge on any atom is 0.331 e. The highest BCUT2D eigenvalue weighted by Gasteiger charge is 2.22. The molecule has 106 valence electrons. The van der Waals surface area contributed by atoms with Crippen molar-refractivity contribution < 1.29 is 23.7 Å². The van der Waals surface area contributed by atoms with Crippen molar-refractivity contribution in [1.29, 1.82) is 0 Å². The highest BCUT2D eigenvalue weighted by atomic mass is 32.2. The van der Waals surface area contributed by atoms with E-state index in [1.165, 1.54) is 18.7 Å². The van der Waals surface area contributed by atoms with E-state index in [1.807, 2.05) is 0 Å². The van der Waals surface area contributed by atoms with E-state index < -0.39 is 28.7 Å². The fourth-order valence-corrected chi connectivity index (χ4v) is 2.49. The predicted octanol–water partition coefficient (Wildman–Crippen LogP) is -0.292. The van der Waals surface area contributed by atoms with Crippen LogP contribution in [0.25, 0.3) is 0 Å². The summed E-state index contributed by atoms with van der Waals surface area (Å²) < 4.78 is 11.1. The number of urea groups is 1. The van der Waals surface area contributed by atoms with E-state index in [4.69, 9.17) is 5.11 Å². The average molecular weight is 288 g/mol. The highest BCUT2D eigenvalue weighted by Crippen LogP contribution is 2.05. The Morgan fingerprint density at radius 2 is 1.63 bits per heavy atom. The van der Waals surface area contributed by atoms with E-state index in [2.05, 4.69) is 5.32 Å². The van der Waals surface area contributed by atoms with Gasteiger partial charge in [-0.1, -0.05) is 0 Å². The fraction of sp³-hybridized carbons (Fsp3) is 0.545. The van der Waals surface area contributed by atoms with Gasteiger partial charge in [0.1, 0.15) is 0 Å². The fourth-order valence-electron chi connectivity index (χ4n) is 1.44. The van der Waals surface area contributed by atoms with E-state index in [-0.39, 0.29) is 11.1 Å². The van der Waals surface area contributed by atoms with Crippen molar-refractivity contribution in [2.24, 2.45) is 0 Å². The lowest BCUT2D eigenvalue weighted by molar-refractivity contribution is -0.133. The highest BCUT2D eigenvalue weighted by molar-refractivity contribution is 7.85. The quantitative estimate of drug-likeness (QED) is 0.679. The van der Waals surface area contributed by atoms with Crippen LogP contribution < -0.4 is 5.32 Å². The Bertz CT molecular complexity index is 462. The number of carbonyl (C=O) groups is 3. The molecule has 0 atom stereocenters. The van der Waals surface area contributed by atoms with Crippen molar-refractivity contribution in [2.75, 3.05) is 24.6 Å². The average Bonchev–Trinajstić information content (AvgIpc) is 2.37. The van der Waals surface area contributed by atoms with Gasteiger partial charge in [0.05, 0.1) is 0 Å². The van der Waals surface area contributed by atoms with Gasteiger partial charge >= 0.3 is 12.0 Å². The number of nitrogens with zero attached hydrogens (tertiary/aromatic N) is 1. The van der Waals surface area contributed by atoms with Gasteiger partial charge in [0.2, 0.25) is 0 Å². The van der Waals surface area contributed by atoms with Crippen LogP contribution in [-0.2, 0) is 20.4 Å². The van der Waals surface area contributed by atoms with Crippen LogP contribution in [-0.4, -0.2) is 56.7 Å². The molecule has 0 spiro atoms. The van der Waals surface area contributed by atoms with Crippen LogP contribution in [0.3, 0.4) is 0 Å². The molecule has 2 N–H and O–H groups in total. The van der Waals surface area contributed by atoms with Crippen LogP contribution >= 0.6 is 0 Å². The third-order valence-corrected chi connectivity index (χ3v) is 4.19. The minimum atomic E-state index is -1.20. The molecule has 1 rings (SSSR count). The molecule has 0 aromatic rings. The molecule has 19 heavy (non-hydrogen) atoms. The molecular weight excluding hydrogens is 272 g/mol. The molecule has 0 aromatic heterocycles. The van der Waals surface area contributed by atoms with E-state index in [0.717, 1.165) is 0 Å². The van der Waals surface area contributed by atoms with Gasteiger partial charge in [-0.15, -0.1) is 0 Å².